The first-order chi connectivity index (χ1) is 9.55. The van der Waals surface area contributed by atoms with E-state index in [0.29, 0.717) is 6.54 Å². The fourth-order valence-corrected chi connectivity index (χ4v) is 3.04. The molecule has 0 aromatic heterocycles. The number of methoxy groups -OCH3 is 1. The average Bonchev–Trinajstić information content (AvgIpc) is 2.44. The molecule has 112 valence electrons. The summed E-state index contributed by atoms with van der Waals surface area (Å²) in [6.07, 6.45) is 2.16. The number of nitrogens with two attached hydrogens (primary N) is 1. The smallest absolute Gasteiger partial charge is 0.119 e. The van der Waals surface area contributed by atoms with Crippen molar-refractivity contribution in [1.29, 1.82) is 0 Å². The summed E-state index contributed by atoms with van der Waals surface area (Å²) in [5.41, 5.74) is 6.79. The molecule has 1 fully saturated rings. The van der Waals surface area contributed by atoms with E-state index in [0.717, 1.165) is 24.9 Å². The minimum absolute atomic E-state index is 0.0860. The number of rotatable bonds is 4. The van der Waals surface area contributed by atoms with E-state index in [1.54, 1.807) is 19.2 Å². The van der Waals surface area contributed by atoms with Crippen molar-refractivity contribution in [3.8, 4) is 11.5 Å². The van der Waals surface area contributed by atoms with Crippen LogP contribution >= 0.6 is 0 Å². The number of nitrogens with zero attached hydrogens (tertiary/aromatic N) is 1. The van der Waals surface area contributed by atoms with Gasteiger partial charge in [-0.3, -0.25) is 4.90 Å². The second-order valence-electron chi connectivity index (χ2n) is 5.47. The standard InChI is InChI=1S/C15H24N2O3/c1-10(11-5-13(18)8-14(19)6-11)17-4-3-15(20-2)7-12(17)9-16/h5-6,8,10,12,15,18-19H,3-4,7,9,16H2,1-2H3. The molecule has 5 heteroatoms. The maximum absolute atomic E-state index is 9.62. The summed E-state index contributed by atoms with van der Waals surface area (Å²) >= 11 is 0. The molecule has 1 aliphatic heterocycles. The molecule has 0 spiro atoms. The van der Waals surface area contributed by atoms with Crippen molar-refractivity contribution in [2.45, 2.75) is 38.0 Å². The zero-order chi connectivity index (χ0) is 14.7. The van der Waals surface area contributed by atoms with Gasteiger partial charge in [0.2, 0.25) is 0 Å². The number of piperidine rings is 1. The molecule has 1 aromatic carbocycles. The molecule has 2 rings (SSSR count). The first-order valence-corrected chi connectivity index (χ1v) is 7.06. The Labute approximate surface area is 120 Å². The van der Waals surface area contributed by atoms with Gasteiger partial charge in [-0.2, -0.15) is 0 Å². The number of phenolic OH excluding ortho intramolecular Hbond substituents is 2. The Morgan fingerprint density at radius 2 is 2.00 bits per heavy atom. The van der Waals surface area contributed by atoms with Crippen molar-refractivity contribution in [3.05, 3.63) is 23.8 Å². The molecule has 3 atom stereocenters. The predicted molar refractivity (Wildman–Crippen MR) is 77.8 cm³/mol. The van der Waals surface area contributed by atoms with E-state index in [4.69, 9.17) is 10.5 Å². The summed E-state index contributed by atoms with van der Waals surface area (Å²) in [5, 5.41) is 19.2. The van der Waals surface area contributed by atoms with Crippen LogP contribution in [0.25, 0.3) is 0 Å². The lowest BCUT2D eigenvalue weighted by Gasteiger charge is -2.42. The van der Waals surface area contributed by atoms with Gasteiger partial charge in [-0.15, -0.1) is 0 Å². The minimum atomic E-state index is 0.0860. The number of ether oxygens (including phenoxy) is 1. The van der Waals surface area contributed by atoms with Crippen LogP contribution in [0.1, 0.15) is 31.4 Å². The number of likely N-dealkylation sites (tertiary alicyclic amines) is 1. The summed E-state index contributed by atoms with van der Waals surface area (Å²) in [6.45, 7) is 3.55. The van der Waals surface area contributed by atoms with E-state index in [1.165, 1.54) is 6.07 Å². The maximum Gasteiger partial charge on any atom is 0.119 e. The van der Waals surface area contributed by atoms with Gasteiger partial charge < -0.3 is 20.7 Å². The largest absolute Gasteiger partial charge is 0.508 e. The Kier molecular flexibility index (Phi) is 4.86. The number of hydrogen-bond acceptors (Lipinski definition) is 5. The minimum Gasteiger partial charge on any atom is -0.508 e. The van der Waals surface area contributed by atoms with E-state index in [9.17, 15) is 10.2 Å². The van der Waals surface area contributed by atoms with Crippen LogP contribution in [0.15, 0.2) is 18.2 Å². The Balaban J connectivity index is 2.16. The Bertz CT molecular complexity index is 432. The molecule has 1 aromatic rings. The monoisotopic (exact) mass is 280 g/mol. The van der Waals surface area contributed by atoms with Crippen molar-refractivity contribution < 1.29 is 14.9 Å². The highest BCUT2D eigenvalue weighted by molar-refractivity contribution is 5.38. The van der Waals surface area contributed by atoms with E-state index >= 15 is 0 Å². The lowest BCUT2D eigenvalue weighted by Crippen LogP contribution is -2.49. The Hall–Kier alpha value is -1.30. The normalized spacial score (nSPS) is 25.6. The van der Waals surface area contributed by atoms with Crippen LogP contribution in [-0.4, -0.2) is 47.5 Å². The van der Waals surface area contributed by atoms with Crippen LogP contribution in [-0.2, 0) is 4.74 Å². The summed E-state index contributed by atoms with van der Waals surface area (Å²) in [4.78, 5) is 2.32. The van der Waals surface area contributed by atoms with Gasteiger partial charge in [-0.25, -0.2) is 0 Å². The van der Waals surface area contributed by atoms with Crippen LogP contribution in [0, 0.1) is 0 Å². The van der Waals surface area contributed by atoms with Gasteiger partial charge >= 0.3 is 0 Å². The van der Waals surface area contributed by atoms with Crippen molar-refractivity contribution in [1.82, 2.24) is 4.90 Å². The van der Waals surface area contributed by atoms with Gasteiger partial charge in [0, 0.05) is 38.3 Å². The first kappa shape index (κ1) is 15.1. The molecule has 4 N–H and O–H groups in total. The molecule has 3 unspecified atom stereocenters. The molecule has 5 nitrogen and oxygen atoms in total. The molecule has 0 aliphatic carbocycles. The zero-order valence-corrected chi connectivity index (χ0v) is 12.1. The fourth-order valence-electron chi connectivity index (χ4n) is 3.04. The van der Waals surface area contributed by atoms with E-state index in [-0.39, 0.29) is 29.7 Å². The third-order valence-corrected chi connectivity index (χ3v) is 4.22. The van der Waals surface area contributed by atoms with Gasteiger partial charge in [0.25, 0.3) is 0 Å². The lowest BCUT2D eigenvalue weighted by molar-refractivity contribution is -0.00169. The van der Waals surface area contributed by atoms with Gasteiger partial charge in [-0.05, 0) is 37.5 Å². The summed E-state index contributed by atoms with van der Waals surface area (Å²) in [7, 11) is 1.74. The summed E-state index contributed by atoms with van der Waals surface area (Å²) < 4.78 is 5.43. The van der Waals surface area contributed by atoms with E-state index < -0.39 is 0 Å². The molecular weight excluding hydrogens is 256 g/mol. The quantitative estimate of drug-likeness (QED) is 0.780. The molecule has 0 bridgehead atoms. The van der Waals surface area contributed by atoms with E-state index in [1.807, 2.05) is 0 Å². The zero-order valence-electron chi connectivity index (χ0n) is 12.1. The third-order valence-electron chi connectivity index (χ3n) is 4.22. The van der Waals surface area contributed by atoms with Crippen LogP contribution in [0.5, 0.6) is 11.5 Å². The lowest BCUT2D eigenvalue weighted by atomic mass is 9.95. The van der Waals surface area contributed by atoms with Gasteiger partial charge in [0.1, 0.15) is 11.5 Å². The molecule has 0 amide bonds. The van der Waals surface area contributed by atoms with Crippen LogP contribution < -0.4 is 5.73 Å². The maximum atomic E-state index is 9.62. The van der Waals surface area contributed by atoms with Gasteiger partial charge in [-0.1, -0.05) is 0 Å². The Morgan fingerprint density at radius 1 is 1.35 bits per heavy atom. The highest BCUT2D eigenvalue weighted by atomic mass is 16.5. The van der Waals surface area contributed by atoms with Crippen LogP contribution in [0.3, 0.4) is 0 Å². The highest BCUT2D eigenvalue weighted by Crippen LogP contribution is 2.32. The second kappa shape index (κ2) is 6.43. The molecular formula is C15H24N2O3. The number of aromatic hydroxyl groups is 2. The fraction of sp³-hybridized carbons (Fsp3) is 0.600. The SMILES string of the molecule is COC1CCN(C(C)c2cc(O)cc(O)c2)C(CN)C1. The molecule has 1 heterocycles. The molecule has 20 heavy (non-hydrogen) atoms. The number of benzene rings is 1. The van der Waals surface area contributed by atoms with Crippen molar-refractivity contribution in [2.75, 3.05) is 20.2 Å². The highest BCUT2D eigenvalue weighted by Gasteiger charge is 2.31. The topological polar surface area (TPSA) is 79.0 Å². The molecule has 1 saturated heterocycles. The molecule has 1 aliphatic rings. The van der Waals surface area contributed by atoms with E-state index in [2.05, 4.69) is 11.8 Å². The first-order valence-electron chi connectivity index (χ1n) is 7.06. The molecule has 0 saturated carbocycles. The van der Waals surface area contributed by atoms with Crippen molar-refractivity contribution >= 4 is 0 Å². The van der Waals surface area contributed by atoms with Crippen molar-refractivity contribution in [3.63, 3.8) is 0 Å². The van der Waals surface area contributed by atoms with Crippen molar-refractivity contribution in [2.24, 2.45) is 5.73 Å². The van der Waals surface area contributed by atoms with Gasteiger partial charge in [0.15, 0.2) is 0 Å². The Morgan fingerprint density at radius 3 is 2.55 bits per heavy atom. The van der Waals surface area contributed by atoms with Crippen LogP contribution in [0.2, 0.25) is 0 Å². The second-order valence-corrected chi connectivity index (χ2v) is 5.47. The van der Waals surface area contributed by atoms with Crippen LogP contribution in [0.4, 0.5) is 0 Å². The van der Waals surface area contributed by atoms with Gasteiger partial charge in [0.05, 0.1) is 6.10 Å². The molecule has 0 radical (unpaired) electrons. The predicted octanol–water partition coefficient (Wildman–Crippen LogP) is 1.60. The summed E-state index contributed by atoms with van der Waals surface area (Å²) in [5.74, 6) is 0.172. The third kappa shape index (κ3) is 3.23. The number of hydrogen-bond donors (Lipinski definition) is 3. The average molecular weight is 280 g/mol. The number of phenols is 2. The summed E-state index contributed by atoms with van der Waals surface area (Å²) in [6, 6.07) is 5.08.